The highest BCUT2D eigenvalue weighted by Crippen LogP contribution is 2.48. The van der Waals surface area contributed by atoms with Crippen LogP contribution in [0.1, 0.15) is 36.6 Å². The Balaban J connectivity index is 1.86. The standard InChI is InChI=1S/C26H25F3N2O2/c1-17-8-12-20(13-9-17)30-23(19-6-5-7-22(16-19)33-26(27,28)29)25(3,4)31(24(30)32)21-14-10-18(2)11-15-21/h5-16,23H,1-4H3. The number of ether oxygens (including phenoxy) is 1. The lowest BCUT2D eigenvalue weighted by Crippen LogP contribution is -2.43. The number of halogens is 3. The molecule has 7 heteroatoms. The van der Waals surface area contributed by atoms with Gasteiger partial charge in [-0.15, -0.1) is 13.2 Å². The minimum atomic E-state index is -4.80. The number of nitrogens with zero attached hydrogens (tertiary/aromatic N) is 2. The summed E-state index contributed by atoms with van der Waals surface area (Å²) in [5.41, 5.74) is 3.25. The van der Waals surface area contributed by atoms with Crippen LogP contribution in [0.3, 0.4) is 0 Å². The summed E-state index contributed by atoms with van der Waals surface area (Å²) in [5, 5.41) is 0. The van der Waals surface area contributed by atoms with Gasteiger partial charge in [0.1, 0.15) is 5.75 Å². The van der Waals surface area contributed by atoms with Gasteiger partial charge >= 0.3 is 12.4 Å². The Bertz CT molecular complexity index is 1160. The van der Waals surface area contributed by atoms with Crippen LogP contribution in [0.4, 0.5) is 29.3 Å². The number of hydrogen-bond donors (Lipinski definition) is 0. The number of anilines is 2. The lowest BCUT2D eigenvalue weighted by Gasteiger charge is -2.35. The van der Waals surface area contributed by atoms with Crippen molar-refractivity contribution in [3.63, 3.8) is 0 Å². The molecule has 0 N–H and O–H groups in total. The van der Waals surface area contributed by atoms with Crippen LogP contribution in [-0.2, 0) is 0 Å². The van der Waals surface area contributed by atoms with E-state index in [0.717, 1.165) is 16.8 Å². The monoisotopic (exact) mass is 454 g/mol. The van der Waals surface area contributed by atoms with Crippen LogP contribution in [0.5, 0.6) is 5.75 Å². The number of rotatable bonds is 4. The number of aryl methyl sites for hydroxylation is 2. The van der Waals surface area contributed by atoms with Gasteiger partial charge in [-0.05, 0) is 69.7 Å². The topological polar surface area (TPSA) is 32.8 Å². The van der Waals surface area contributed by atoms with E-state index in [1.165, 1.54) is 18.2 Å². The quantitative estimate of drug-likeness (QED) is 0.419. The van der Waals surface area contributed by atoms with Gasteiger partial charge in [0, 0.05) is 11.4 Å². The molecule has 1 heterocycles. The van der Waals surface area contributed by atoms with Crippen molar-refractivity contribution in [3.05, 3.63) is 89.5 Å². The zero-order chi connectivity index (χ0) is 24.0. The maximum atomic E-state index is 13.8. The van der Waals surface area contributed by atoms with Gasteiger partial charge in [0.2, 0.25) is 0 Å². The zero-order valence-corrected chi connectivity index (χ0v) is 18.9. The SMILES string of the molecule is Cc1ccc(N2C(=O)N(c3ccc(C)cc3)C(C)(C)C2c2cccc(OC(F)(F)F)c2)cc1. The predicted molar refractivity (Wildman–Crippen MR) is 123 cm³/mol. The van der Waals surface area contributed by atoms with Crippen LogP contribution >= 0.6 is 0 Å². The summed E-state index contributed by atoms with van der Waals surface area (Å²) in [6.45, 7) is 7.75. The summed E-state index contributed by atoms with van der Waals surface area (Å²) in [6, 6.07) is 20.2. The molecular formula is C26H25F3N2O2. The van der Waals surface area contributed by atoms with Gasteiger partial charge in [0.25, 0.3) is 0 Å². The molecule has 0 radical (unpaired) electrons. The Labute approximate surface area is 191 Å². The second-order valence-electron chi connectivity index (χ2n) is 8.84. The van der Waals surface area contributed by atoms with Crippen molar-refractivity contribution in [3.8, 4) is 5.75 Å². The number of hydrogen-bond acceptors (Lipinski definition) is 2. The zero-order valence-electron chi connectivity index (χ0n) is 18.9. The smallest absolute Gasteiger partial charge is 0.406 e. The number of benzene rings is 3. The van der Waals surface area contributed by atoms with Gasteiger partial charge in [0.15, 0.2) is 0 Å². The lowest BCUT2D eigenvalue weighted by molar-refractivity contribution is -0.274. The normalized spacial score (nSPS) is 18.0. The van der Waals surface area contributed by atoms with Crippen molar-refractivity contribution < 1.29 is 22.7 Å². The Morgan fingerprint density at radius 1 is 0.848 bits per heavy atom. The van der Waals surface area contributed by atoms with E-state index >= 15 is 0 Å². The van der Waals surface area contributed by atoms with Gasteiger partial charge in [-0.25, -0.2) is 4.79 Å². The summed E-state index contributed by atoms with van der Waals surface area (Å²) in [7, 11) is 0. The highest BCUT2D eigenvalue weighted by molar-refractivity contribution is 6.08. The van der Waals surface area contributed by atoms with Gasteiger partial charge < -0.3 is 4.74 Å². The van der Waals surface area contributed by atoms with Crippen molar-refractivity contribution in [1.29, 1.82) is 0 Å². The van der Waals surface area contributed by atoms with E-state index in [-0.39, 0.29) is 11.8 Å². The minimum Gasteiger partial charge on any atom is -0.406 e. The molecule has 4 rings (SSSR count). The molecule has 1 unspecified atom stereocenters. The van der Waals surface area contributed by atoms with Crippen LogP contribution < -0.4 is 14.5 Å². The third-order valence-electron chi connectivity index (χ3n) is 5.91. The Kier molecular flexibility index (Phi) is 5.60. The molecule has 1 aliphatic rings. The van der Waals surface area contributed by atoms with E-state index in [2.05, 4.69) is 4.74 Å². The molecule has 1 saturated heterocycles. The molecule has 3 aromatic rings. The molecule has 0 bridgehead atoms. The number of carbonyl (C=O) groups is 1. The van der Waals surface area contributed by atoms with Crippen molar-refractivity contribution in [2.24, 2.45) is 0 Å². The van der Waals surface area contributed by atoms with E-state index < -0.39 is 17.9 Å². The van der Waals surface area contributed by atoms with Crippen molar-refractivity contribution in [1.82, 2.24) is 0 Å². The third kappa shape index (κ3) is 4.40. The van der Waals surface area contributed by atoms with E-state index in [1.54, 1.807) is 15.9 Å². The average molecular weight is 454 g/mol. The molecule has 2 amide bonds. The summed E-state index contributed by atoms with van der Waals surface area (Å²) in [5.74, 6) is -0.319. The predicted octanol–water partition coefficient (Wildman–Crippen LogP) is 7.17. The van der Waals surface area contributed by atoms with Gasteiger partial charge in [-0.3, -0.25) is 9.80 Å². The van der Waals surface area contributed by atoms with Crippen molar-refractivity contribution in [2.75, 3.05) is 9.80 Å². The third-order valence-corrected chi connectivity index (χ3v) is 5.91. The molecule has 0 aromatic heterocycles. The van der Waals surface area contributed by atoms with E-state index in [4.69, 9.17) is 0 Å². The van der Waals surface area contributed by atoms with Crippen LogP contribution in [0.2, 0.25) is 0 Å². The maximum absolute atomic E-state index is 13.8. The first-order valence-corrected chi connectivity index (χ1v) is 10.6. The van der Waals surface area contributed by atoms with Crippen molar-refractivity contribution in [2.45, 2.75) is 45.6 Å². The number of carbonyl (C=O) groups excluding carboxylic acids is 1. The van der Waals surface area contributed by atoms with E-state index in [9.17, 15) is 18.0 Å². The number of urea groups is 1. The second-order valence-corrected chi connectivity index (χ2v) is 8.84. The number of alkyl halides is 3. The summed E-state index contributed by atoms with van der Waals surface area (Å²) < 4.78 is 42.8. The molecule has 33 heavy (non-hydrogen) atoms. The fraction of sp³-hybridized carbons (Fsp3) is 0.269. The summed E-state index contributed by atoms with van der Waals surface area (Å²) in [6.07, 6.45) is -4.80. The average Bonchev–Trinajstić information content (AvgIpc) is 2.93. The molecule has 0 saturated carbocycles. The fourth-order valence-electron chi connectivity index (χ4n) is 4.44. The first-order valence-electron chi connectivity index (χ1n) is 10.6. The Morgan fingerprint density at radius 2 is 1.39 bits per heavy atom. The number of amides is 2. The van der Waals surface area contributed by atoms with Crippen LogP contribution in [-0.4, -0.2) is 17.9 Å². The summed E-state index contributed by atoms with van der Waals surface area (Å²) in [4.78, 5) is 17.2. The minimum absolute atomic E-state index is 0.250. The molecular weight excluding hydrogens is 429 g/mol. The molecule has 1 fully saturated rings. The van der Waals surface area contributed by atoms with Gasteiger partial charge in [-0.1, -0.05) is 47.5 Å². The van der Waals surface area contributed by atoms with Crippen LogP contribution in [0.15, 0.2) is 72.8 Å². The molecule has 1 aliphatic heterocycles. The largest absolute Gasteiger partial charge is 0.573 e. The molecule has 1 atom stereocenters. The van der Waals surface area contributed by atoms with Crippen LogP contribution in [0.25, 0.3) is 0 Å². The van der Waals surface area contributed by atoms with E-state index in [1.807, 2.05) is 76.2 Å². The molecule has 0 spiro atoms. The maximum Gasteiger partial charge on any atom is 0.573 e. The molecule has 4 nitrogen and oxygen atoms in total. The van der Waals surface area contributed by atoms with Gasteiger partial charge in [-0.2, -0.15) is 0 Å². The second kappa shape index (κ2) is 8.14. The Morgan fingerprint density at radius 3 is 1.94 bits per heavy atom. The van der Waals surface area contributed by atoms with Crippen molar-refractivity contribution >= 4 is 17.4 Å². The lowest BCUT2D eigenvalue weighted by atomic mass is 9.87. The fourth-order valence-corrected chi connectivity index (χ4v) is 4.44. The van der Waals surface area contributed by atoms with Gasteiger partial charge in [0.05, 0.1) is 11.6 Å². The highest BCUT2D eigenvalue weighted by Gasteiger charge is 2.53. The molecule has 172 valence electrons. The highest BCUT2D eigenvalue weighted by atomic mass is 19.4. The van der Waals surface area contributed by atoms with Crippen LogP contribution in [0, 0.1) is 13.8 Å². The molecule has 0 aliphatic carbocycles. The summed E-state index contributed by atoms with van der Waals surface area (Å²) >= 11 is 0. The first kappa shape index (κ1) is 22.7. The molecule has 3 aromatic carbocycles. The Hall–Kier alpha value is -3.48. The first-order chi connectivity index (χ1) is 15.5. The van der Waals surface area contributed by atoms with E-state index in [0.29, 0.717) is 11.3 Å².